The first kappa shape index (κ1) is 18.9. The van der Waals surface area contributed by atoms with Crippen LogP contribution in [0.25, 0.3) is 10.9 Å². The second kappa shape index (κ2) is 7.56. The maximum Gasteiger partial charge on any atom is 0.261 e. The first-order chi connectivity index (χ1) is 13.9. The molecule has 0 spiro atoms. The molecule has 0 aliphatic heterocycles. The fourth-order valence-electron chi connectivity index (χ4n) is 2.92. The van der Waals surface area contributed by atoms with Gasteiger partial charge >= 0.3 is 0 Å². The summed E-state index contributed by atoms with van der Waals surface area (Å²) in [5.41, 5.74) is 1.03. The molecule has 4 rings (SSSR count). The van der Waals surface area contributed by atoms with Gasteiger partial charge in [-0.25, -0.2) is 17.8 Å². The first-order valence-corrected chi connectivity index (χ1v) is 10.4. The van der Waals surface area contributed by atoms with Crippen molar-refractivity contribution in [1.29, 1.82) is 0 Å². The monoisotopic (exact) mass is 411 g/mol. The molecule has 0 bridgehead atoms. The van der Waals surface area contributed by atoms with E-state index in [1.54, 1.807) is 30.3 Å². The zero-order valence-corrected chi connectivity index (χ0v) is 16.3. The summed E-state index contributed by atoms with van der Waals surface area (Å²) >= 11 is 0. The van der Waals surface area contributed by atoms with Gasteiger partial charge in [0.1, 0.15) is 23.2 Å². The molecule has 2 aromatic carbocycles. The van der Waals surface area contributed by atoms with E-state index in [-0.39, 0.29) is 4.90 Å². The number of aryl methyl sites for hydroxylation is 1. The molecular formula is C21H18FN3O3S. The highest BCUT2D eigenvalue weighted by molar-refractivity contribution is 7.92. The van der Waals surface area contributed by atoms with Gasteiger partial charge in [-0.15, -0.1) is 0 Å². The number of hydrogen-bond donors (Lipinski definition) is 2. The molecule has 2 N–H and O–H groups in total. The Morgan fingerprint density at radius 3 is 2.52 bits per heavy atom. The molecule has 8 heteroatoms. The van der Waals surface area contributed by atoms with Gasteiger partial charge in [-0.1, -0.05) is 6.07 Å². The molecule has 0 aliphatic rings. The summed E-state index contributed by atoms with van der Waals surface area (Å²) in [6.45, 7) is 2.37. The molecule has 148 valence electrons. The van der Waals surface area contributed by atoms with Crippen molar-refractivity contribution in [2.75, 3.05) is 10.0 Å². The van der Waals surface area contributed by atoms with Gasteiger partial charge in [0.15, 0.2) is 0 Å². The van der Waals surface area contributed by atoms with Crippen LogP contribution in [-0.2, 0) is 16.6 Å². The smallest absolute Gasteiger partial charge is 0.261 e. The topological polar surface area (TPSA) is 84.2 Å². The number of hydrogen-bond acceptors (Lipinski definition) is 5. The lowest BCUT2D eigenvalue weighted by Gasteiger charge is -2.12. The molecule has 2 heterocycles. The highest BCUT2D eigenvalue weighted by atomic mass is 32.2. The Morgan fingerprint density at radius 1 is 1.00 bits per heavy atom. The number of nitrogens with zero attached hydrogens (tertiary/aromatic N) is 1. The maximum atomic E-state index is 13.1. The summed E-state index contributed by atoms with van der Waals surface area (Å²) in [6, 6.07) is 17.2. The van der Waals surface area contributed by atoms with Gasteiger partial charge in [-0.05, 0) is 67.6 Å². The number of sulfonamides is 1. The van der Waals surface area contributed by atoms with Crippen LogP contribution in [0.15, 0.2) is 76.0 Å². The van der Waals surface area contributed by atoms with Crippen LogP contribution >= 0.6 is 0 Å². The lowest BCUT2D eigenvalue weighted by molar-refractivity contribution is 0.490. The van der Waals surface area contributed by atoms with Crippen molar-refractivity contribution >= 4 is 32.4 Å². The van der Waals surface area contributed by atoms with Crippen molar-refractivity contribution in [2.45, 2.75) is 18.4 Å². The van der Waals surface area contributed by atoms with Crippen LogP contribution in [-0.4, -0.2) is 13.4 Å². The SMILES string of the molecule is Cc1ccc(CNc2ccc3c(NS(=O)(=O)c4ccc(F)cc4)cccc3n2)o1. The zero-order chi connectivity index (χ0) is 20.4. The second-order valence-electron chi connectivity index (χ2n) is 6.49. The molecule has 0 radical (unpaired) electrons. The molecule has 0 fully saturated rings. The molecule has 0 aliphatic carbocycles. The van der Waals surface area contributed by atoms with Crippen molar-refractivity contribution in [3.63, 3.8) is 0 Å². The fraction of sp³-hybridized carbons (Fsp3) is 0.0952. The summed E-state index contributed by atoms with van der Waals surface area (Å²) in [6.07, 6.45) is 0. The number of anilines is 2. The lowest BCUT2D eigenvalue weighted by Crippen LogP contribution is -2.13. The third-order valence-electron chi connectivity index (χ3n) is 4.34. The molecule has 0 saturated carbocycles. The Hall–Kier alpha value is -3.39. The number of rotatable bonds is 6. The van der Waals surface area contributed by atoms with Crippen LogP contribution in [0.1, 0.15) is 11.5 Å². The number of fused-ring (bicyclic) bond motifs is 1. The van der Waals surface area contributed by atoms with Gasteiger partial charge in [0.2, 0.25) is 0 Å². The summed E-state index contributed by atoms with van der Waals surface area (Å²) in [5.74, 6) is 1.78. The number of nitrogens with one attached hydrogen (secondary N) is 2. The predicted octanol–water partition coefficient (Wildman–Crippen LogP) is 4.69. The number of aromatic nitrogens is 1. The number of benzene rings is 2. The van der Waals surface area contributed by atoms with Crippen LogP contribution in [0.5, 0.6) is 0 Å². The Morgan fingerprint density at radius 2 is 1.79 bits per heavy atom. The molecule has 0 saturated heterocycles. The lowest BCUT2D eigenvalue weighted by atomic mass is 10.2. The standard InChI is InChI=1S/C21H18FN3O3S/c1-14-5-8-16(28-14)13-23-21-12-11-18-19(24-21)3-2-4-20(18)25-29(26,27)17-9-6-15(22)7-10-17/h2-12,25H,13H2,1H3,(H,23,24). The van der Waals surface area contributed by atoms with Crippen molar-refractivity contribution in [2.24, 2.45) is 0 Å². The average Bonchev–Trinajstić information content (AvgIpc) is 3.12. The van der Waals surface area contributed by atoms with Gasteiger partial charge in [0.05, 0.1) is 22.6 Å². The van der Waals surface area contributed by atoms with Crippen molar-refractivity contribution in [1.82, 2.24) is 4.98 Å². The number of halogens is 1. The third-order valence-corrected chi connectivity index (χ3v) is 5.72. The number of furan rings is 1. The average molecular weight is 411 g/mol. The van der Waals surface area contributed by atoms with Crippen molar-refractivity contribution in [3.05, 3.63) is 84.1 Å². The molecule has 0 atom stereocenters. The molecule has 0 unspecified atom stereocenters. The Labute approximate surface area is 167 Å². The Kier molecular flexibility index (Phi) is 4.94. The summed E-state index contributed by atoms with van der Waals surface area (Å²) in [4.78, 5) is 4.52. The van der Waals surface area contributed by atoms with E-state index < -0.39 is 15.8 Å². The first-order valence-electron chi connectivity index (χ1n) is 8.88. The van der Waals surface area contributed by atoms with Gasteiger partial charge in [-0.3, -0.25) is 4.72 Å². The highest BCUT2D eigenvalue weighted by Crippen LogP contribution is 2.26. The molecule has 29 heavy (non-hydrogen) atoms. The fourth-order valence-corrected chi connectivity index (χ4v) is 4.00. The van der Waals surface area contributed by atoms with E-state index in [0.717, 1.165) is 23.7 Å². The van der Waals surface area contributed by atoms with Gasteiger partial charge in [0.25, 0.3) is 10.0 Å². The van der Waals surface area contributed by atoms with Crippen molar-refractivity contribution < 1.29 is 17.2 Å². The van der Waals surface area contributed by atoms with Crippen LogP contribution in [0.2, 0.25) is 0 Å². The van der Waals surface area contributed by atoms with Crippen molar-refractivity contribution in [3.8, 4) is 0 Å². The predicted molar refractivity (Wildman–Crippen MR) is 110 cm³/mol. The second-order valence-corrected chi connectivity index (χ2v) is 8.18. The normalized spacial score (nSPS) is 11.5. The molecule has 6 nitrogen and oxygen atoms in total. The largest absolute Gasteiger partial charge is 0.465 e. The highest BCUT2D eigenvalue weighted by Gasteiger charge is 2.16. The van der Waals surface area contributed by atoms with Crippen LogP contribution in [0.4, 0.5) is 15.9 Å². The summed E-state index contributed by atoms with van der Waals surface area (Å²) in [5, 5.41) is 3.84. The van der Waals surface area contributed by atoms with E-state index in [1.165, 1.54) is 12.1 Å². The number of pyridine rings is 1. The third kappa shape index (κ3) is 4.22. The van der Waals surface area contributed by atoms with Crippen LogP contribution in [0.3, 0.4) is 0 Å². The van der Waals surface area contributed by atoms with E-state index >= 15 is 0 Å². The quantitative estimate of drug-likeness (QED) is 0.481. The minimum absolute atomic E-state index is 0.0177. The van der Waals surface area contributed by atoms with Gasteiger partial charge < -0.3 is 9.73 Å². The minimum Gasteiger partial charge on any atom is -0.465 e. The molecular weight excluding hydrogens is 393 g/mol. The van der Waals surface area contributed by atoms with E-state index in [1.807, 2.05) is 19.1 Å². The van der Waals surface area contributed by atoms with Gasteiger partial charge in [0, 0.05) is 5.39 Å². The molecule has 2 aromatic heterocycles. The Balaban J connectivity index is 1.58. The molecule has 4 aromatic rings. The summed E-state index contributed by atoms with van der Waals surface area (Å²) in [7, 11) is -3.85. The van der Waals surface area contributed by atoms with E-state index in [9.17, 15) is 12.8 Å². The van der Waals surface area contributed by atoms with Crippen LogP contribution < -0.4 is 10.0 Å². The van der Waals surface area contributed by atoms with E-state index in [4.69, 9.17) is 4.42 Å². The van der Waals surface area contributed by atoms with Gasteiger partial charge in [-0.2, -0.15) is 0 Å². The minimum atomic E-state index is -3.85. The van der Waals surface area contributed by atoms with E-state index in [2.05, 4.69) is 15.0 Å². The maximum absolute atomic E-state index is 13.1. The Bertz CT molecular complexity index is 1270. The molecule has 0 amide bonds. The summed E-state index contributed by atoms with van der Waals surface area (Å²) < 4.78 is 46.4. The van der Waals surface area contributed by atoms with E-state index in [0.29, 0.717) is 29.0 Å². The zero-order valence-electron chi connectivity index (χ0n) is 15.5. The van der Waals surface area contributed by atoms with Crippen LogP contribution in [0, 0.1) is 12.7 Å².